The molecule has 0 spiro atoms. The molecule has 0 amide bonds. The van der Waals surface area contributed by atoms with Gasteiger partial charge in [-0.15, -0.1) is 12.8 Å². The van der Waals surface area contributed by atoms with Crippen LogP contribution in [0, 0.1) is 24.7 Å². The minimum atomic E-state index is 0.0537. The second-order valence-electron chi connectivity index (χ2n) is 9.30. The number of terminal acetylenes is 2. The molecule has 2 aromatic rings. The average molecular weight is 600 g/mol. The zero-order valence-electron chi connectivity index (χ0n) is 20.6. The first kappa shape index (κ1) is 28.0. The molecule has 0 fully saturated rings. The largest absolute Gasteiger partial charge is 0.369 e. The van der Waals surface area contributed by atoms with Crippen molar-refractivity contribution >= 4 is 31.9 Å². The van der Waals surface area contributed by atoms with E-state index in [9.17, 15) is 0 Å². The number of ether oxygens (including phenoxy) is 2. The lowest BCUT2D eigenvalue weighted by atomic mass is 9.70. The summed E-state index contributed by atoms with van der Waals surface area (Å²) >= 11 is 7.51. The van der Waals surface area contributed by atoms with Crippen molar-refractivity contribution in [3.05, 3.63) is 56.5 Å². The van der Waals surface area contributed by atoms with Gasteiger partial charge in [0, 0.05) is 27.6 Å². The molecule has 0 heterocycles. The van der Waals surface area contributed by atoms with Crippen LogP contribution in [-0.4, -0.2) is 26.4 Å². The lowest BCUT2D eigenvalue weighted by Gasteiger charge is -2.33. The zero-order chi connectivity index (χ0) is 24.9. The van der Waals surface area contributed by atoms with Crippen LogP contribution >= 0.6 is 31.9 Å². The summed E-state index contributed by atoms with van der Waals surface area (Å²) in [5, 5.41) is 0. The Morgan fingerprint density at radius 2 is 1.06 bits per heavy atom. The van der Waals surface area contributed by atoms with E-state index in [1.807, 2.05) is 0 Å². The van der Waals surface area contributed by atoms with Crippen LogP contribution in [0.5, 0.6) is 0 Å². The summed E-state index contributed by atoms with van der Waals surface area (Å²) in [6, 6.07) is 13.7. The average Bonchev–Trinajstić information content (AvgIpc) is 3.11. The molecular formula is C31H36Br2O2. The van der Waals surface area contributed by atoms with Gasteiger partial charge >= 0.3 is 0 Å². The Bertz CT molecular complexity index is 948. The normalized spacial score (nSPS) is 13.1. The third-order valence-corrected chi connectivity index (χ3v) is 7.93. The molecule has 0 saturated carbocycles. The van der Waals surface area contributed by atoms with Crippen molar-refractivity contribution in [1.82, 2.24) is 0 Å². The molecule has 0 aromatic heterocycles. The highest BCUT2D eigenvalue weighted by Crippen LogP contribution is 2.55. The van der Waals surface area contributed by atoms with E-state index in [0.717, 1.165) is 47.8 Å². The number of hydrogen-bond donors (Lipinski definition) is 0. The van der Waals surface area contributed by atoms with Gasteiger partial charge in [0.05, 0.1) is 0 Å². The van der Waals surface area contributed by atoms with Gasteiger partial charge in [0.2, 0.25) is 0 Å². The SMILES string of the molecule is C#CCOCCCCCCC1(CCCCCCOCC#C)c2cc(Br)ccc2-c2ccc(Br)cc21. The third-order valence-electron chi connectivity index (χ3n) is 6.94. The number of benzene rings is 2. The number of unbranched alkanes of at least 4 members (excludes halogenated alkanes) is 6. The Hall–Kier alpha value is -1.56. The van der Waals surface area contributed by atoms with Crippen molar-refractivity contribution in [2.75, 3.05) is 26.4 Å². The molecule has 0 radical (unpaired) electrons. The van der Waals surface area contributed by atoms with Gasteiger partial charge in [0.15, 0.2) is 0 Å². The predicted molar refractivity (Wildman–Crippen MR) is 154 cm³/mol. The molecule has 2 nitrogen and oxygen atoms in total. The minimum Gasteiger partial charge on any atom is -0.369 e. The molecule has 1 aliphatic carbocycles. The van der Waals surface area contributed by atoms with Gasteiger partial charge in [-0.1, -0.05) is 94.4 Å². The summed E-state index contributed by atoms with van der Waals surface area (Å²) in [6.07, 6.45) is 22.2. The van der Waals surface area contributed by atoms with Crippen molar-refractivity contribution in [1.29, 1.82) is 0 Å². The van der Waals surface area contributed by atoms with Gasteiger partial charge < -0.3 is 9.47 Å². The second-order valence-corrected chi connectivity index (χ2v) is 11.1. The standard InChI is InChI=1S/C31H36Br2O2/c1-3-19-34-21-11-7-5-9-17-31(18-10-6-8-12-22-35-20-4-2)29-23-25(32)13-15-27(29)28-16-14-26(33)24-30(28)31/h1-2,13-16,23-24H,5-12,17-22H2. The molecule has 0 unspecified atom stereocenters. The van der Waals surface area contributed by atoms with E-state index in [1.165, 1.54) is 60.8 Å². The minimum absolute atomic E-state index is 0.0537. The fourth-order valence-electron chi connectivity index (χ4n) is 5.33. The van der Waals surface area contributed by atoms with Crippen LogP contribution in [-0.2, 0) is 14.9 Å². The highest BCUT2D eigenvalue weighted by Gasteiger charge is 2.42. The Morgan fingerprint density at radius 1 is 0.629 bits per heavy atom. The van der Waals surface area contributed by atoms with Gasteiger partial charge in [-0.3, -0.25) is 0 Å². The topological polar surface area (TPSA) is 18.5 Å². The molecule has 4 heteroatoms. The Balaban J connectivity index is 1.72. The smallest absolute Gasteiger partial charge is 0.107 e. The number of halogens is 2. The van der Waals surface area contributed by atoms with Crippen LogP contribution in [0.3, 0.4) is 0 Å². The summed E-state index contributed by atoms with van der Waals surface area (Å²) in [5.41, 5.74) is 5.80. The van der Waals surface area contributed by atoms with Gasteiger partial charge in [-0.2, -0.15) is 0 Å². The zero-order valence-corrected chi connectivity index (χ0v) is 23.8. The molecule has 0 saturated heterocycles. The first-order valence-corrected chi connectivity index (χ1v) is 14.3. The van der Waals surface area contributed by atoms with Gasteiger partial charge in [-0.05, 0) is 72.2 Å². The van der Waals surface area contributed by atoms with Gasteiger partial charge in [0.1, 0.15) is 13.2 Å². The molecular weight excluding hydrogens is 564 g/mol. The molecule has 2 aromatic carbocycles. The molecule has 35 heavy (non-hydrogen) atoms. The summed E-state index contributed by atoms with van der Waals surface area (Å²) in [4.78, 5) is 0. The fraction of sp³-hybridized carbons (Fsp3) is 0.484. The summed E-state index contributed by atoms with van der Waals surface area (Å²) < 4.78 is 13.2. The van der Waals surface area contributed by atoms with Crippen molar-refractivity contribution in [2.24, 2.45) is 0 Å². The molecule has 0 aliphatic heterocycles. The first-order chi connectivity index (χ1) is 17.1. The van der Waals surface area contributed by atoms with E-state index in [1.54, 1.807) is 0 Å². The van der Waals surface area contributed by atoms with Crippen molar-refractivity contribution in [3.63, 3.8) is 0 Å². The maximum atomic E-state index is 5.44. The Labute approximate surface area is 228 Å². The third kappa shape index (κ3) is 7.71. The van der Waals surface area contributed by atoms with Crippen LogP contribution in [0.1, 0.15) is 75.3 Å². The van der Waals surface area contributed by atoms with Crippen LogP contribution in [0.25, 0.3) is 11.1 Å². The second kappa shape index (κ2) is 14.9. The fourth-order valence-corrected chi connectivity index (χ4v) is 6.06. The molecule has 1 aliphatic rings. The molecule has 0 bridgehead atoms. The monoisotopic (exact) mass is 598 g/mol. The van der Waals surface area contributed by atoms with Crippen molar-refractivity contribution in [2.45, 2.75) is 69.6 Å². The highest BCUT2D eigenvalue weighted by atomic mass is 79.9. The predicted octanol–water partition coefficient (Wildman–Crippen LogP) is 8.68. The van der Waals surface area contributed by atoms with E-state index in [-0.39, 0.29) is 5.41 Å². The molecule has 186 valence electrons. The summed E-state index contributed by atoms with van der Waals surface area (Å²) in [7, 11) is 0. The van der Waals surface area contributed by atoms with Crippen LogP contribution < -0.4 is 0 Å². The Kier molecular flexibility index (Phi) is 11.9. The maximum absolute atomic E-state index is 5.44. The maximum Gasteiger partial charge on any atom is 0.107 e. The Morgan fingerprint density at radius 3 is 1.49 bits per heavy atom. The lowest BCUT2D eigenvalue weighted by molar-refractivity contribution is 0.161. The molecule has 0 N–H and O–H groups in total. The van der Waals surface area contributed by atoms with Crippen molar-refractivity contribution < 1.29 is 9.47 Å². The number of rotatable bonds is 16. The molecule has 3 rings (SSSR count). The number of fused-ring (bicyclic) bond motifs is 3. The van der Waals surface area contributed by atoms with Crippen LogP contribution in [0.2, 0.25) is 0 Å². The summed E-state index contributed by atoms with van der Waals surface area (Å²) in [6.45, 7) is 2.34. The van der Waals surface area contributed by atoms with E-state index in [2.05, 4.69) is 80.1 Å². The highest BCUT2D eigenvalue weighted by molar-refractivity contribution is 9.10. The van der Waals surface area contributed by atoms with E-state index in [4.69, 9.17) is 22.3 Å². The van der Waals surface area contributed by atoms with Gasteiger partial charge in [-0.25, -0.2) is 0 Å². The van der Waals surface area contributed by atoms with E-state index < -0.39 is 0 Å². The van der Waals surface area contributed by atoms with E-state index in [0.29, 0.717) is 13.2 Å². The van der Waals surface area contributed by atoms with Crippen molar-refractivity contribution in [3.8, 4) is 35.8 Å². The lowest BCUT2D eigenvalue weighted by Crippen LogP contribution is -2.25. The quantitative estimate of drug-likeness (QED) is 0.142. The first-order valence-electron chi connectivity index (χ1n) is 12.8. The van der Waals surface area contributed by atoms with Crippen LogP contribution in [0.15, 0.2) is 45.3 Å². The van der Waals surface area contributed by atoms with Gasteiger partial charge in [0.25, 0.3) is 0 Å². The van der Waals surface area contributed by atoms with Crippen LogP contribution in [0.4, 0.5) is 0 Å². The van der Waals surface area contributed by atoms with E-state index >= 15 is 0 Å². The molecule has 0 atom stereocenters. The summed E-state index contributed by atoms with van der Waals surface area (Å²) in [5.74, 6) is 5.07. The number of hydrogen-bond acceptors (Lipinski definition) is 2.